The molecule has 1 N–H and O–H groups in total. The Kier molecular flexibility index (Phi) is 3.11. The summed E-state index contributed by atoms with van der Waals surface area (Å²) < 4.78 is 0. The lowest BCUT2D eigenvalue weighted by Gasteiger charge is -2.35. The average molecular weight is 290 g/mol. The molecule has 5 atom stereocenters. The van der Waals surface area contributed by atoms with E-state index in [1.807, 2.05) is 0 Å². The summed E-state index contributed by atoms with van der Waals surface area (Å²) in [6.07, 6.45) is 6.30. The first-order chi connectivity index (χ1) is 9.78. The van der Waals surface area contributed by atoms with Crippen LogP contribution in [0.4, 0.5) is 0 Å². The van der Waals surface area contributed by atoms with Crippen LogP contribution in [0.25, 0.3) is 0 Å². The fraction of sp³-hybridized carbons (Fsp3) is 0.688. The van der Waals surface area contributed by atoms with Crippen molar-refractivity contribution in [1.82, 2.24) is 10.2 Å². The highest BCUT2D eigenvalue weighted by molar-refractivity contribution is 7.10. The van der Waals surface area contributed by atoms with Crippen LogP contribution in [0.2, 0.25) is 0 Å². The number of amides is 1. The number of thiophene rings is 1. The van der Waals surface area contributed by atoms with E-state index in [1.165, 1.54) is 30.6 Å². The summed E-state index contributed by atoms with van der Waals surface area (Å²) in [5.74, 6) is 1.97. The van der Waals surface area contributed by atoms with Crippen LogP contribution in [-0.4, -0.2) is 22.9 Å². The molecule has 3 aliphatic rings. The van der Waals surface area contributed by atoms with Crippen molar-refractivity contribution in [2.75, 3.05) is 0 Å². The summed E-state index contributed by atoms with van der Waals surface area (Å²) in [6, 6.07) is 4.75. The minimum absolute atomic E-state index is 0.0150. The van der Waals surface area contributed by atoms with Gasteiger partial charge in [-0.25, -0.2) is 0 Å². The Hall–Kier alpha value is -0.870. The zero-order valence-electron chi connectivity index (χ0n) is 11.9. The summed E-state index contributed by atoms with van der Waals surface area (Å²) >= 11 is 1.76. The van der Waals surface area contributed by atoms with Crippen LogP contribution in [0.1, 0.15) is 50.1 Å². The fourth-order valence-corrected chi connectivity index (χ4v) is 5.30. The Balaban J connectivity index is 1.65. The summed E-state index contributed by atoms with van der Waals surface area (Å²) in [5.41, 5.74) is 0. The Morgan fingerprint density at radius 3 is 2.90 bits per heavy atom. The van der Waals surface area contributed by atoms with Crippen LogP contribution in [0.15, 0.2) is 17.5 Å². The summed E-state index contributed by atoms with van der Waals surface area (Å²) in [7, 11) is 0. The zero-order chi connectivity index (χ0) is 13.7. The van der Waals surface area contributed by atoms with E-state index in [1.54, 1.807) is 11.3 Å². The number of hydrogen-bond acceptors (Lipinski definition) is 3. The summed E-state index contributed by atoms with van der Waals surface area (Å²) in [4.78, 5) is 16.3. The second-order valence-corrected chi connectivity index (χ2v) is 7.51. The van der Waals surface area contributed by atoms with Crippen LogP contribution in [0, 0.1) is 11.8 Å². The predicted octanol–water partition coefficient (Wildman–Crippen LogP) is 3.15. The third-order valence-corrected chi connectivity index (χ3v) is 6.39. The highest BCUT2D eigenvalue weighted by Crippen LogP contribution is 2.49. The molecule has 1 aromatic rings. The van der Waals surface area contributed by atoms with Gasteiger partial charge < -0.3 is 4.90 Å². The number of nitrogens with one attached hydrogen (secondary N) is 1. The van der Waals surface area contributed by atoms with Gasteiger partial charge in [0.2, 0.25) is 5.91 Å². The third kappa shape index (κ3) is 1.85. The largest absolute Gasteiger partial charge is 0.317 e. The number of carbonyl (C=O) groups excluding carboxylic acids is 1. The van der Waals surface area contributed by atoms with E-state index in [2.05, 4.69) is 34.7 Å². The van der Waals surface area contributed by atoms with E-state index in [-0.39, 0.29) is 12.2 Å². The molecule has 2 bridgehead atoms. The van der Waals surface area contributed by atoms with Gasteiger partial charge in [-0.3, -0.25) is 10.1 Å². The number of hydrogen-bond donors (Lipinski definition) is 1. The highest BCUT2D eigenvalue weighted by Gasteiger charge is 2.50. The minimum atomic E-state index is 0.0150. The molecule has 2 saturated carbocycles. The topological polar surface area (TPSA) is 32.3 Å². The number of carbonyl (C=O) groups is 1. The van der Waals surface area contributed by atoms with Gasteiger partial charge in [-0.05, 0) is 49.0 Å². The van der Waals surface area contributed by atoms with Gasteiger partial charge in [0.25, 0.3) is 0 Å². The standard InChI is InChI=1S/C16H22N2OS/c1-2-12-16(19)18(13-9-10-5-6-11(13)8-10)15(17-12)14-4-3-7-20-14/h3-4,7,10-13,15,17H,2,5-6,8-9H2,1H3. The molecule has 20 heavy (non-hydrogen) atoms. The van der Waals surface area contributed by atoms with E-state index >= 15 is 0 Å². The Bertz CT molecular complexity index is 501. The van der Waals surface area contributed by atoms with Gasteiger partial charge in [-0.15, -0.1) is 11.3 Å². The molecule has 108 valence electrons. The van der Waals surface area contributed by atoms with Crippen LogP contribution in [0.5, 0.6) is 0 Å². The van der Waals surface area contributed by atoms with E-state index in [0.717, 1.165) is 18.3 Å². The smallest absolute Gasteiger partial charge is 0.241 e. The van der Waals surface area contributed by atoms with E-state index in [4.69, 9.17) is 0 Å². The molecule has 3 fully saturated rings. The van der Waals surface area contributed by atoms with E-state index < -0.39 is 0 Å². The monoisotopic (exact) mass is 290 g/mol. The third-order valence-electron chi connectivity index (χ3n) is 5.47. The Morgan fingerprint density at radius 1 is 1.40 bits per heavy atom. The fourth-order valence-electron chi connectivity index (χ4n) is 4.51. The molecule has 0 spiro atoms. The van der Waals surface area contributed by atoms with Crippen molar-refractivity contribution >= 4 is 17.2 Å². The van der Waals surface area contributed by atoms with Crippen molar-refractivity contribution in [3.63, 3.8) is 0 Å². The molecule has 0 aromatic carbocycles. The molecule has 1 saturated heterocycles. The van der Waals surface area contributed by atoms with Crippen LogP contribution in [0.3, 0.4) is 0 Å². The zero-order valence-corrected chi connectivity index (χ0v) is 12.7. The first-order valence-electron chi connectivity index (χ1n) is 7.89. The van der Waals surface area contributed by atoms with Gasteiger partial charge in [-0.1, -0.05) is 19.4 Å². The predicted molar refractivity (Wildman–Crippen MR) is 80.4 cm³/mol. The van der Waals surface area contributed by atoms with Gasteiger partial charge in [0, 0.05) is 10.9 Å². The van der Waals surface area contributed by atoms with Crippen molar-refractivity contribution < 1.29 is 4.79 Å². The maximum absolute atomic E-state index is 12.8. The maximum atomic E-state index is 12.8. The van der Waals surface area contributed by atoms with Gasteiger partial charge in [0.15, 0.2) is 0 Å². The van der Waals surface area contributed by atoms with Gasteiger partial charge in [0.05, 0.1) is 6.04 Å². The first kappa shape index (κ1) is 12.8. The molecule has 0 radical (unpaired) electrons. The second kappa shape index (κ2) is 4.85. The Labute approximate surface area is 124 Å². The molecule has 2 aliphatic carbocycles. The number of nitrogens with zero attached hydrogens (tertiary/aromatic N) is 1. The maximum Gasteiger partial charge on any atom is 0.241 e. The van der Waals surface area contributed by atoms with Crippen LogP contribution >= 0.6 is 11.3 Å². The molecule has 4 heteroatoms. The van der Waals surface area contributed by atoms with Crippen molar-refractivity contribution in [1.29, 1.82) is 0 Å². The lowest BCUT2D eigenvalue weighted by Crippen LogP contribution is -2.42. The quantitative estimate of drug-likeness (QED) is 0.927. The van der Waals surface area contributed by atoms with Gasteiger partial charge >= 0.3 is 0 Å². The summed E-state index contributed by atoms with van der Waals surface area (Å²) in [5, 5.41) is 5.68. The molecule has 1 aliphatic heterocycles. The van der Waals surface area contributed by atoms with Gasteiger partial charge in [-0.2, -0.15) is 0 Å². The molecule has 4 rings (SSSR count). The molecular weight excluding hydrogens is 268 g/mol. The van der Waals surface area contributed by atoms with Crippen molar-refractivity contribution in [3.05, 3.63) is 22.4 Å². The Morgan fingerprint density at radius 2 is 2.30 bits per heavy atom. The minimum Gasteiger partial charge on any atom is -0.317 e. The molecule has 1 aromatic heterocycles. The normalized spacial score (nSPS) is 40.0. The number of fused-ring (bicyclic) bond motifs is 2. The molecule has 1 amide bonds. The van der Waals surface area contributed by atoms with Crippen molar-refractivity contribution in [3.8, 4) is 0 Å². The van der Waals surface area contributed by atoms with E-state index in [9.17, 15) is 4.79 Å². The lowest BCUT2D eigenvalue weighted by atomic mass is 9.93. The van der Waals surface area contributed by atoms with Crippen molar-refractivity contribution in [2.45, 2.75) is 57.3 Å². The second-order valence-electron chi connectivity index (χ2n) is 6.53. The first-order valence-corrected chi connectivity index (χ1v) is 8.77. The summed E-state index contributed by atoms with van der Waals surface area (Å²) in [6.45, 7) is 2.10. The average Bonchev–Trinajstić information content (AvgIpc) is 3.22. The number of rotatable bonds is 3. The van der Waals surface area contributed by atoms with Gasteiger partial charge in [0.1, 0.15) is 6.17 Å². The molecule has 2 heterocycles. The molecular formula is C16H22N2OS. The molecule has 5 unspecified atom stereocenters. The molecule has 3 nitrogen and oxygen atoms in total. The highest BCUT2D eigenvalue weighted by atomic mass is 32.1. The van der Waals surface area contributed by atoms with E-state index in [0.29, 0.717) is 11.9 Å². The SMILES string of the molecule is CCC1NC(c2cccs2)N(C2CC3CCC2C3)C1=O. The van der Waals surface area contributed by atoms with Crippen LogP contribution in [-0.2, 0) is 4.79 Å². The van der Waals surface area contributed by atoms with Crippen molar-refractivity contribution in [2.24, 2.45) is 11.8 Å². The van der Waals surface area contributed by atoms with Crippen LogP contribution < -0.4 is 5.32 Å². The lowest BCUT2D eigenvalue weighted by molar-refractivity contribution is -0.133.